The summed E-state index contributed by atoms with van der Waals surface area (Å²) in [4.78, 5) is 2.26. The zero-order chi connectivity index (χ0) is 18.9. The second kappa shape index (κ2) is 10.3. The highest BCUT2D eigenvalue weighted by Crippen LogP contribution is 2.18. The van der Waals surface area contributed by atoms with Gasteiger partial charge in [0.05, 0.1) is 13.2 Å². The van der Waals surface area contributed by atoms with Crippen LogP contribution >= 0.6 is 0 Å². The first kappa shape index (κ1) is 19.7. The molecule has 0 aliphatic carbocycles. The van der Waals surface area contributed by atoms with Crippen LogP contribution in [0, 0.1) is 0 Å². The molecule has 2 atom stereocenters. The Labute approximate surface area is 161 Å². The average Bonchev–Trinajstić information content (AvgIpc) is 3.20. The fraction of sp³-hybridized carbons (Fsp3) is 0.455. The van der Waals surface area contributed by atoms with Crippen molar-refractivity contribution in [2.45, 2.75) is 31.6 Å². The average molecular weight is 371 g/mol. The molecule has 27 heavy (non-hydrogen) atoms. The van der Waals surface area contributed by atoms with Crippen LogP contribution in [-0.2, 0) is 11.3 Å². The molecule has 5 nitrogen and oxygen atoms in total. The van der Waals surface area contributed by atoms with Gasteiger partial charge in [0.1, 0.15) is 24.2 Å². The van der Waals surface area contributed by atoms with Gasteiger partial charge in [-0.3, -0.25) is 4.90 Å². The fourth-order valence-corrected chi connectivity index (χ4v) is 3.34. The first-order valence-corrected chi connectivity index (χ1v) is 9.56. The number of methoxy groups -OCH3 is 1. The maximum absolute atomic E-state index is 10.5. The third-order valence-electron chi connectivity index (χ3n) is 4.71. The van der Waals surface area contributed by atoms with Gasteiger partial charge in [-0.05, 0) is 42.7 Å². The number of aliphatic hydroxyl groups is 1. The maximum Gasteiger partial charge on any atom is 0.119 e. The van der Waals surface area contributed by atoms with Gasteiger partial charge in [-0.15, -0.1) is 0 Å². The van der Waals surface area contributed by atoms with Crippen molar-refractivity contribution in [2.24, 2.45) is 0 Å². The van der Waals surface area contributed by atoms with Crippen molar-refractivity contribution < 1.29 is 19.3 Å². The Morgan fingerprint density at radius 3 is 2.52 bits per heavy atom. The molecule has 0 aromatic heterocycles. The Kier molecular flexibility index (Phi) is 7.51. The lowest BCUT2D eigenvalue weighted by molar-refractivity contribution is 0.0313. The van der Waals surface area contributed by atoms with E-state index < -0.39 is 6.10 Å². The Balaban J connectivity index is 1.52. The molecule has 1 saturated heterocycles. The van der Waals surface area contributed by atoms with Crippen molar-refractivity contribution >= 4 is 0 Å². The Hall–Kier alpha value is -2.08. The molecule has 1 heterocycles. The standard InChI is InChI=1S/C22H29NO4/c1-25-20-9-11-21(12-10-20)27-17-19(24)15-23(16-22-8-5-13-26-22)14-18-6-3-2-4-7-18/h2-4,6-7,9-12,19,22,24H,5,8,13-17H2,1H3/t19-,22-/m0/s1. The molecule has 2 aromatic carbocycles. The molecule has 1 N–H and O–H groups in total. The van der Waals surface area contributed by atoms with E-state index in [1.807, 2.05) is 42.5 Å². The molecular weight excluding hydrogens is 342 g/mol. The van der Waals surface area contributed by atoms with Gasteiger partial charge in [-0.25, -0.2) is 0 Å². The van der Waals surface area contributed by atoms with Crippen LogP contribution in [0.4, 0.5) is 0 Å². The molecule has 2 aromatic rings. The molecule has 0 amide bonds. The van der Waals surface area contributed by atoms with Crippen LogP contribution in [0.1, 0.15) is 18.4 Å². The van der Waals surface area contributed by atoms with E-state index in [0.29, 0.717) is 6.54 Å². The van der Waals surface area contributed by atoms with Gasteiger partial charge in [-0.2, -0.15) is 0 Å². The summed E-state index contributed by atoms with van der Waals surface area (Å²) in [6.07, 6.45) is 1.89. The van der Waals surface area contributed by atoms with Crippen LogP contribution in [0.15, 0.2) is 54.6 Å². The van der Waals surface area contributed by atoms with Gasteiger partial charge in [0, 0.05) is 26.2 Å². The third kappa shape index (κ3) is 6.54. The molecule has 1 aliphatic heterocycles. The summed E-state index contributed by atoms with van der Waals surface area (Å²) in [5.41, 5.74) is 1.23. The predicted molar refractivity (Wildman–Crippen MR) is 105 cm³/mol. The molecule has 0 spiro atoms. The van der Waals surface area contributed by atoms with Crippen LogP contribution in [0.2, 0.25) is 0 Å². The SMILES string of the molecule is COc1ccc(OC[C@@H](O)CN(Cc2ccccc2)C[C@@H]2CCCO2)cc1. The summed E-state index contributed by atoms with van der Waals surface area (Å²) in [6, 6.07) is 17.7. The van der Waals surface area contributed by atoms with Crippen molar-refractivity contribution in [1.29, 1.82) is 0 Å². The number of ether oxygens (including phenoxy) is 3. The second-order valence-electron chi connectivity index (χ2n) is 6.96. The largest absolute Gasteiger partial charge is 0.497 e. The van der Waals surface area contributed by atoms with E-state index in [0.717, 1.165) is 44.0 Å². The van der Waals surface area contributed by atoms with E-state index >= 15 is 0 Å². The topological polar surface area (TPSA) is 51.2 Å². The Bertz CT molecular complexity index is 656. The van der Waals surface area contributed by atoms with Gasteiger partial charge in [-0.1, -0.05) is 30.3 Å². The van der Waals surface area contributed by atoms with Crippen molar-refractivity contribution in [3.63, 3.8) is 0 Å². The van der Waals surface area contributed by atoms with Crippen molar-refractivity contribution in [1.82, 2.24) is 4.90 Å². The summed E-state index contributed by atoms with van der Waals surface area (Å²) < 4.78 is 16.7. The summed E-state index contributed by atoms with van der Waals surface area (Å²) >= 11 is 0. The molecule has 0 radical (unpaired) electrons. The van der Waals surface area contributed by atoms with E-state index in [9.17, 15) is 5.11 Å². The Morgan fingerprint density at radius 2 is 1.85 bits per heavy atom. The predicted octanol–water partition coefficient (Wildman–Crippen LogP) is 3.12. The highest BCUT2D eigenvalue weighted by atomic mass is 16.5. The Morgan fingerprint density at radius 1 is 1.11 bits per heavy atom. The van der Waals surface area contributed by atoms with Crippen LogP contribution in [-0.4, -0.2) is 55.6 Å². The number of benzene rings is 2. The smallest absolute Gasteiger partial charge is 0.119 e. The first-order valence-electron chi connectivity index (χ1n) is 9.56. The van der Waals surface area contributed by atoms with Gasteiger partial charge in [0.15, 0.2) is 0 Å². The van der Waals surface area contributed by atoms with E-state index in [1.165, 1.54) is 5.56 Å². The van der Waals surface area contributed by atoms with E-state index in [-0.39, 0.29) is 12.7 Å². The van der Waals surface area contributed by atoms with E-state index in [1.54, 1.807) is 7.11 Å². The molecule has 0 saturated carbocycles. The van der Waals surface area contributed by atoms with Crippen molar-refractivity contribution in [3.8, 4) is 11.5 Å². The van der Waals surface area contributed by atoms with E-state index in [4.69, 9.17) is 14.2 Å². The lowest BCUT2D eigenvalue weighted by atomic mass is 10.1. The van der Waals surface area contributed by atoms with Crippen LogP contribution in [0.25, 0.3) is 0 Å². The molecule has 1 aliphatic rings. The van der Waals surface area contributed by atoms with Crippen LogP contribution in [0.5, 0.6) is 11.5 Å². The normalized spacial score (nSPS) is 17.8. The zero-order valence-electron chi connectivity index (χ0n) is 15.9. The van der Waals surface area contributed by atoms with Gasteiger partial charge in [0.25, 0.3) is 0 Å². The number of hydrogen-bond donors (Lipinski definition) is 1. The fourth-order valence-electron chi connectivity index (χ4n) is 3.34. The molecule has 1 fully saturated rings. The lowest BCUT2D eigenvalue weighted by Gasteiger charge is -2.27. The maximum atomic E-state index is 10.5. The molecule has 3 rings (SSSR count). The molecule has 146 valence electrons. The minimum atomic E-state index is -0.572. The zero-order valence-corrected chi connectivity index (χ0v) is 15.9. The highest BCUT2D eigenvalue weighted by Gasteiger charge is 2.21. The summed E-state index contributed by atoms with van der Waals surface area (Å²) in [5, 5.41) is 10.5. The van der Waals surface area contributed by atoms with Gasteiger partial charge >= 0.3 is 0 Å². The molecule has 0 bridgehead atoms. The minimum absolute atomic E-state index is 0.253. The molecule has 0 unspecified atom stereocenters. The summed E-state index contributed by atoms with van der Waals surface area (Å²) in [6.45, 7) is 3.26. The third-order valence-corrected chi connectivity index (χ3v) is 4.71. The number of nitrogens with zero attached hydrogens (tertiary/aromatic N) is 1. The number of hydrogen-bond acceptors (Lipinski definition) is 5. The number of rotatable bonds is 10. The lowest BCUT2D eigenvalue weighted by Crippen LogP contribution is -2.39. The summed E-state index contributed by atoms with van der Waals surface area (Å²) in [7, 11) is 1.63. The van der Waals surface area contributed by atoms with Gasteiger partial charge in [0.2, 0.25) is 0 Å². The number of aliphatic hydroxyl groups excluding tert-OH is 1. The molecular formula is C22H29NO4. The van der Waals surface area contributed by atoms with Crippen LogP contribution < -0.4 is 9.47 Å². The van der Waals surface area contributed by atoms with Crippen molar-refractivity contribution in [3.05, 3.63) is 60.2 Å². The quantitative estimate of drug-likeness (QED) is 0.695. The van der Waals surface area contributed by atoms with Crippen molar-refractivity contribution in [2.75, 3.05) is 33.4 Å². The molecule has 5 heteroatoms. The summed E-state index contributed by atoms with van der Waals surface area (Å²) in [5.74, 6) is 1.51. The van der Waals surface area contributed by atoms with Crippen LogP contribution in [0.3, 0.4) is 0 Å². The second-order valence-corrected chi connectivity index (χ2v) is 6.96. The minimum Gasteiger partial charge on any atom is -0.497 e. The highest BCUT2D eigenvalue weighted by molar-refractivity contribution is 5.31. The first-order chi connectivity index (χ1) is 13.2. The van der Waals surface area contributed by atoms with E-state index in [2.05, 4.69) is 17.0 Å². The monoisotopic (exact) mass is 371 g/mol. The van der Waals surface area contributed by atoms with Gasteiger partial charge < -0.3 is 19.3 Å².